The SMILES string of the molecule is CC(C)NCc1ncoc1C1CCCC(F)(F)C1. The van der Waals surface area contributed by atoms with Gasteiger partial charge >= 0.3 is 0 Å². The van der Waals surface area contributed by atoms with Crippen molar-refractivity contribution in [2.24, 2.45) is 0 Å². The second-order valence-corrected chi connectivity index (χ2v) is 5.35. The van der Waals surface area contributed by atoms with Gasteiger partial charge in [-0.3, -0.25) is 0 Å². The van der Waals surface area contributed by atoms with Crippen LogP contribution in [0.3, 0.4) is 0 Å². The van der Waals surface area contributed by atoms with Gasteiger partial charge in [0.15, 0.2) is 6.39 Å². The van der Waals surface area contributed by atoms with E-state index in [0.717, 1.165) is 12.1 Å². The Balaban J connectivity index is 2.06. The molecule has 3 nitrogen and oxygen atoms in total. The molecule has 0 bridgehead atoms. The first-order chi connectivity index (χ1) is 8.48. The molecule has 0 aromatic carbocycles. The fraction of sp³-hybridized carbons (Fsp3) is 0.769. The van der Waals surface area contributed by atoms with Crippen molar-refractivity contribution in [3.63, 3.8) is 0 Å². The number of hydrogen-bond donors (Lipinski definition) is 1. The molecule has 1 saturated carbocycles. The molecule has 0 saturated heterocycles. The minimum atomic E-state index is -2.56. The van der Waals surface area contributed by atoms with Crippen LogP contribution in [0.2, 0.25) is 0 Å². The van der Waals surface area contributed by atoms with Crippen molar-refractivity contribution in [2.45, 2.75) is 64.0 Å². The minimum Gasteiger partial charge on any atom is -0.448 e. The highest BCUT2D eigenvalue weighted by atomic mass is 19.3. The summed E-state index contributed by atoms with van der Waals surface area (Å²) in [7, 11) is 0. The van der Waals surface area contributed by atoms with Crippen molar-refractivity contribution in [2.75, 3.05) is 0 Å². The molecule has 1 aliphatic carbocycles. The van der Waals surface area contributed by atoms with Gasteiger partial charge in [0.05, 0.1) is 5.69 Å². The molecular formula is C13H20F2N2O. The second kappa shape index (κ2) is 5.34. The second-order valence-electron chi connectivity index (χ2n) is 5.35. The molecule has 2 rings (SSSR count). The Morgan fingerprint density at radius 3 is 3.00 bits per heavy atom. The van der Waals surface area contributed by atoms with E-state index in [1.165, 1.54) is 6.39 Å². The summed E-state index contributed by atoms with van der Waals surface area (Å²) < 4.78 is 32.2. The standard InChI is InChI=1S/C13H20F2N2O/c1-9(2)16-7-11-12(18-8-17-11)10-4-3-5-13(14,15)6-10/h8-10,16H,3-7H2,1-2H3. The van der Waals surface area contributed by atoms with Crippen LogP contribution in [0, 0.1) is 0 Å². The number of halogens is 2. The summed E-state index contributed by atoms with van der Waals surface area (Å²) in [5.74, 6) is -2.11. The summed E-state index contributed by atoms with van der Waals surface area (Å²) in [6, 6.07) is 0.336. The van der Waals surface area contributed by atoms with Crippen LogP contribution in [0.5, 0.6) is 0 Å². The number of hydrogen-bond acceptors (Lipinski definition) is 3. The van der Waals surface area contributed by atoms with Crippen LogP contribution >= 0.6 is 0 Å². The van der Waals surface area contributed by atoms with Crippen molar-refractivity contribution >= 4 is 0 Å². The monoisotopic (exact) mass is 258 g/mol. The van der Waals surface area contributed by atoms with E-state index < -0.39 is 5.92 Å². The predicted molar refractivity (Wildman–Crippen MR) is 64.6 cm³/mol. The molecular weight excluding hydrogens is 238 g/mol. The molecule has 5 heteroatoms. The third-order valence-corrected chi connectivity index (χ3v) is 3.36. The Bertz CT molecular complexity index is 390. The van der Waals surface area contributed by atoms with Crippen molar-refractivity contribution in [1.29, 1.82) is 0 Å². The number of nitrogens with one attached hydrogen (secondary N) is 1. The summed E-state index contributed by atoms with van der Waals surface area (Å²) in [6.07, 6.45) is 2.56. The van der Waals surface area contributed by atoms with E-state index in [0.29, 0.717) is 24.8 Å². The number of aromatic nitrogens is 1. The van der Waals surface area contributed by atoms with Gasteiger partial charge in [-0.05, 0) is 12.8 Å². The normalized spacial score (nSPS) is 23.5. The maximum atomic E-state index is 13.4. The Labute approximate surface area is 106 Å². The molecule has 0 amide bonds. The molecule has 1 atom stereocenters. The number of oxazole rings is 1. The highest BCUT2D eigenvalue weighted by Gasteiger charge is 2.38. The lowest BCUT2D eigenvalue weighted by molar-refractivity contribution is -0.0430. The van der Waals surface area contributed by atoms with Gasteiger partial charge in [-0.2, -0.15) is 0 Å². The van der Waals surface area contributed by atoms with Gasteiger partial charge < -0.3 is 9.73 Å². The summed E-state index contributed by atoms with van der Waals surface area (Å²) in [6.45, 7) is 4.65. The molecule has 1 unspecified atom stereocenters. The smallest absolute Gasteiger partial charge is 0.248 e. The van der Waals surface area contributed by atoms with Gasteiger partial charge in [0.2, 0.25) is 5.92 Å². The van der Waals surface area contributed by atoms with E-state index in [-0.39, 0.29) is 18.8 Å². The van der Waals surface area contributed by atoms with Crippen molar-refractivity contribution < 1.29 is 13.2 Å². The van der Waals surface area contributed by atoms with Crippen LogP contribution in [0.1, 0.15) is 56.9 Å². The summed E-state index contributed by atoms with van der Waals surface area (Å²) in [5, 5.41) is 3.24. The number of nitrogens with zero attached hydrogens (tertiary/aromatic N) is 1. The summed E-state index contributed by atoms with van der Waals surface area (Å²) >= 11 is 0. The molecule has 1 N–H and O–H groups in total. The Morgan fingerprint density at radius 1 is 1.56 bits per heavy atom. The van der Waals surface area contributed by atoms with Crippen molar-refractivity contribution in [3.05, 3.63) is 17.8 Å². The Morgan fingerprint density at radius 2 is 2.33 bits per heavy atom. The predicted octanol–water partition coefficient (Wildman–Crippen LogP) is 3.47. The van der Waals surface area contributed by atoms with Gasteiger partial charge in [0.25, 0.3) is 0 Å². The third kappa shape index (κ3) is 3.28. The third-order valence-electron chi connectivity index (χ3n) is 3.36. The zero-order valence-corrected chi connectivity index (χ0v) is 10.9. The highest BCUT2D eigenvalue weighted by Crippen LogP contribution is 2.42. The zero-order chi connectivity index (χ0) is 13.2. The molecule has 18 heavy (non-hydrogen) atoms. The van der Waals surface area contributed by atoms with Crippen molar-refractivity contribution in [3.8, 4) is 0 Å². The maximum Gasteiger partial charge on any atom is 0.248 e. The highest BCUT2D eigenvalue weighted by molar-refractivity contribution is 5.14. The van der Waals surface area contributed by atoms with E-state index in [2.05, 4.69) is 10.3 Å². The van der Waals surface area contributed by atoms with Crippen LogP contribution in [0.15, 0.2) is 10.8 Å². The van der Waals surface area contributed by atoms with Crippen LogP contribution in [-0.4, -0.2) is 16.9 Å². The molecule has 0 spiro atoms. The van der Waals surface area contributed by atoms with E-state index in [1.807, 2.05) is 13.8 Å². The van der Waals surface area contributed by atoms with Gasteiger partial charge in [-0.1, -0.05) is 13.8 Å². The van der Waals surface area contributed by atoms with Gasteiger partial charge in [0.1, 0.15) is 5.76 Å². The van der Waals surface area contributed by atoms with E-state index >= 15 is 0 Å². The van der Waals surface area contributed by atoms with E-state index in [4.69, 9.17) is 4.42 Å². The molecule has 0 aliphatic heterocycles. The first-order valence-corrected chi connectivity index (χ1v) is 6.51. The Kier molecular flexibility index (Phi) is 4.00. The van der Waals surface area contributed by atoms with E-state index in [1.54, 1.807) is 0 Å². The van der Waals surface area contributed by atoms with E-state index in [9.17, 15) is 8.78 Å². The zero-order valence-electron chi connectivity index (χ0n) is 10.9. The number of rotatable bonds is 4. The first-order valence-electron chi connectivity index (χ1n) is 6.51. The summed E-state index contributed by atoms with van der Waals surface area (Å²) in [4.78, 5) is 4.14. The Hall–Kier alpha value is -0.970. The summed E-state index contributed by atoms with van der Waals surface area (Å²) in [5.41, 5.74) is 0.770. The van der Waals surface area contributed by atoms with Gasteiger partial charge in [-0.25, -0.2) is 13.8 Å². The average Bonchev–Trinajstić information content (AvgIpc) is 2.73. The molecule has 0 radical (unpaired) electrons. The van der Waals surface area contributed by atoms with Crippen LogP contribution < -0.4 is 5.32 Å². The lowest BCUT2D eigenvalue weighted by Crippen LogP contribution is -2.26. The fourth-order valence-electron chi connectivity index (χ4n) is 2.44. The lowest BCUT2D eigenvalue weighted by atomic mass is 9.84. The molecule has 1 aromatic rings. The fourth-order valence-corrected chi connectivity index (χ4v) is 2.44. The van der Waals surface area contributed by atoms with Gasteiger partial charge in [0, 0.05) is 31.3 Å². The van der Waals surface area contributed by atoms with Crippen LogP contribution in [0.4, 0.5) is 8.78 Å². The molecule has 1 aromatic heterocycles. The van der Waals surface area contributed by atoms with Crippen LogP contribution in [-0.2, 0) is 6.54 Å². The molecule has 1 fully saturated rings. The quantitative estimate of drug-likeness (QED) is 0.898. The molecule has 102 valence electrons. The number of alkyl halides is 2. The first kappa shape index (κ1) is 13.5. The molecule has 1 heterocycles. The topological polar surface area (TPSA) is 38.1 Å². The maximum absolute atomic E-state index is 13.4. The van der Waals surface area contributed by atoms with Crippen LogP contribution in [0.25, 0.3) is 0 Å². The van der Waals surface area contributed by atoms with Crippen molar-refractivity contribution in [1.82, 2.24) is 10.3 Å². The average molecular weight is 258 g/mol. The van der Waals surface area contributed by atoms with Gasteiger partial charge in [-0.15, -0.1) is 0 Å². The lowest BCUT2D eigenvalue weighted by Gasteiger charge is -2.27. The minimum absolute atomic E-state index is 0.00276. The largest absolute Gasteiger partial charge is 0.448 e. The molecule has 1 aliphatic rings.